The molecule has 3 amide bonds. The Hall–Kier alpha value is -6.34. The number of anilines is 2. The van der Waals surface area contributed by atoms with Crippen LogP contribution in [0.5, 0.6) is 6.01 Å². The first-order valence-electron chi connectivity index (χ1n) is 21.9. The summed E-state index contributed by atoms with van der Waals surface area (Å²) in [5.41, 5.74) is -0.943. The van der Waals surface area contributed by atoms with Gasteiger partial charge < -0.3 is 23.8 Å². The third kappa shape index (κ3) is 9.03. The molecule has 65 heavy (non-hydrogen) atoms. The second kappa shape index (κ2) is 16.3. The molecule has 0 radical (unpaired) electrons. The summed E-state index contributed by atoms with van der Waals surface area (Å²) in [5.74, 6) is 1.98. The van der Waals surface area contributed by atoms with Crippen molar-refractivity contribution in [1.29, 1.82) is 0 Å². The van der Waals surface area contributed by atoms with Crippen molar-refractivity contribution >= 4 is 51.6 Å². The van der Waals surface area contributed by atoms with Crippen molar-refractivity contribution in [3.8, 4) is 29.7 Å². The summed E-state index contributed by atoms with van der Waals surface area (Å²) in [4.78, 5) is 67.1. The molecule has 15 nitrogen and oxygen atoms in total. The quantitative estimate of drug-likeness (QED) is 0.103. The van der Waals surface area contributed by atoms with Gasteiger partial charge in [0.2, 0.25) is 0 Å². The number of imide groups is 1. The summed E-state index contributed by atoms with van der Waals surface area (Å²) in [7, 11) is 0. The SMILES string of the molecule is C#Cc1cccc2cc(N(C(=O)OC(C)(C)C)C(=O)OC(C)(C)C)nc(-c3ncc4c(N5CC6CCC(C5)N6C(=O)OC(C)(C)C)nc(OCC56CC(=C)CN5CC(=C)C6)nc4c3F)c12. The standard InChI is InChI=1S/C49H57FN8O7/c1-13-30-15-14-16-31-19-35(58(44(60)64-47(7,8)9)45(61)65-48(10,11)12)52-39(36(30)31)40-37(50)38-34(22-51-40)41(55-25-32-17-18-33(26-55)57(32)43(59)63-46(4,5)6)54-42(53-38)62-27-49-20-28(2)23-56(49)24-29(3)21-49/h1,14-16,19,22,32-33H,2-3,17-18,20-21,23-27H2,4-12H3. The number of rotatable bonds is 6. The maximum Gasteiger partial charge on any atom is 0.425 e. The van der Waals surface area contributed by atoms with E-state index in [9.17, 15) is 14.4 Å². The van der Waals surface area contributed by atoms with Crippen molar-refractivity contribution < 1.29 is 37.7 Å². The molecular weight excluding hydrogens is 832 g/mol. The minimum absolute atomic E-state index is 0.0493. The highest BCUT2D eigenvalue weighted by Gasteiger charge is 2.49. The van der Waals surface area contributed by atoms with Crippen LogP contribution < -0.4 is 14.5 Å². The molecule has 4 aliphatic heterocycles. The van der Waals surface area contributed by atoms with Crippen LogP contribution in [0.4, 0.5) is 30.4 Å². The van der Waals surface area contributed by atoms with E-state index in [1.807, 2.05) is 30.6 Å². The van der Waals surface area contributed by atoms with E-state index in [0.717, 1.165) is 37.1 Å². The summed E-state index contributed by atoms with van der Waals surface area (Å²) in [6.45, 7) is 26.5. The molecule has 4 aromatic rings. The average Bonchev–Trinajstić information content (AvgIpc) is 3.76. The number of piperazine rings is 1. The summed E-state index contributed by atoms with van der Waals surface area (Å²) < 4.78 is 41.5. The minimum atomic E-state index is -1.06. The second-order valence-electron chi connectivity index (χ2n) is 20.6. The highest BCUT2D eigenvalue weighted by molar-refractivity contribution is 6.11. The zero-order valence-electron chi connectivity index (χ0n) is 38.7. The van der Waals surface area contributed by atoms with Crippen molar-refractivity contribution in [3.05, 3.63) is 66.1 Å². The third-order valence-electron chi connectivity index (χ3n) is 11.8. The third-order valence-corrected chi connectivity index (χ3v) is 11.8. The largest absolute Gasteiger partial charge is 0.461 e. The zero-order chi connectivity index (χ0) is 47.0. The van der Waals surface area contributed by atoms with Crippen molar-refractivity contribution in [2.24, 2.45) is 0 Å². The molecule has 0 saturated carbocycles. The van der Waals surface area contributed by atoms with Gasteiger partial charge in [-0.2, -0.15) is 14.9 Å². The van der Waals surface area contributed by atoms with Gasteiger partial charge in [0.05, 0.1) is 23.0 Å². The van der Waals surface area contributed by atoms with Gasteiger partial charge in [0, 0.05) is 43.3 Å². The van der Waals surface area contributed by atoms with E-state index >= 15 is 4.39 Å². The van der Waals surface area contributed by atoms with Gasteiger partial charge in [0.25, 0.3) is 0 Å². The van der Waals surface area contributed by atoms with Crippen molar-refractivity contribution in [2.45, 2.75) is 122 Å². The number of hydrogen-bond donors (Lipinski definition) is 0. The Kier molecular flexibility index (Phi) is 11.3. The maximum atomic E-state index is 17.9. The fourth-order valence-electron chi connectivity index (χ4n) is 9.41. The van der Waals surface area contributed by atoms with Crippen LogP contribution >= 0.6 is 0 Å². The van der Waals surface area contributed by atoms with E-state index < -0.39 is 40.3 Å². The lowest BCUT2D eigenvalue weighted by atomic mass is 9.92. The smallest absolute Gasteiger partial charge is 0.425 e. The molecule has 7 heterocycles. The topological polar surface area (TPSA) is 153 Å². The molecule has 4 fully saturated rings. The van der Waals surface area contributed by atoms with Crippen LogP contribution in [0, 0.1) is 18.2 Å². The lowest BCUT2D eigenvalue weighted by Gasteiger charge is -2.42. The Labute approximate surface area is 379 Å². The highest BCUT2D eigenvalue weighted by Crippen LogP contribution is 2.44. The van der Waals surface area contributed by atoms with Crippen LogP contribution in [0.25, 0.3) is 33.1 Å². The van der Waals surface area contributed by atoms with Crippen molar-refractivity contribution in [3.63, 3.8) is 0 Å². The predicted molar refractivity (Wildman–Crippen MR) is 245 cm³/mol. The van der Waals surface area contributed by atoms with E-state index in [2.05, 4.69) is 29.0 Å². The van der Waals surface area contributed by atoms with Gasteiger partial charge in [-0.05, 0) is 106 Å². The number of benzene rings is 1. The molecule has 0 spiro atoms. The Morgan fingerprint density at radius 2 is 1.48 bits per heavy atom. The molecule has 16 heteroatoms. The summed E-state index contributed by atoms with van der Waals surface area (Å²) in [6.07, 6.45) is 7.96. The van der Waals surface area contributed by atoms with Gasteiger partial charge in [0.15, 0.2) is 5.82 Å². The maximum absolute atomic E-state index is 17.9. The lowest BCUT2D eigenvalue weighted by Crippen LogP contribution is -2.57. The lowest BCUT2D eigenvalue weighted by molar-refractivity contribution is 0.0122. The molecule has 2 bridgehead atoms. The van der Waals surface area contributed by atoms with Gasteiger partial charge in [0.1, 0.15) is 52.0 Å². The Morgan fingerprint density at radius 1 is 0.877 bits per heavy atom. The minimum Gasteiger partial charge on any atom is -0.461 e. The fourth-order valence-corrected chi connectivity index (χ4v) is 9.41. The Bertz CT molecular complexity index is 2630. The van der Waals surface area contributed by atoms with Crippen LogP contribution in [-0.4, -0.2) is 115 Å². The number of fused-ring (bicyclic) bond motifs is 5. The molecule has 0 N–H and O–H groups in total. The van der Waals surface area contributed by atoms with E-state index in [0.29, 0.717) is 58.4 Å². The van der Waals surface area contributed by atoms with Crippen LogP contribution in [0.2, 0.25) is 0 Å². The first kappa shape index (κ1) is 45.2. The van der Waals surface area contributed by atoms with Crippen LogP contribution in [-0.2, 0) is 14.2 Å². The van der Waals surface area contributed by atoms with Gasteiger partial charge >= 0.3 is 24.3 Å². The van der Waals surface area contributed by atoms with Crippen LogP contribution in [0.15, 0.2) is 54.8 Å². The summed E-state index contributed by atoms with van der Waals surface area (Å²) in [6, 6.07) is 6.17. The molecule has 0 aliphatic carbocycles. The number of ether oxygens (including phenoxy) is 4. The summed E-state index contributed by atoms with van der Waals surface area (Å²) in [5, 5.41) is 1.08. The van der Waals surface area contributed by atoms with Crippen molar-refractivity contribution in [2.75, 3.05) is 42.6 Å². The van der Waals surface area contributed by atoms with Crippen LogP contribution in [0.1, 0.15) is 93.6 Å². The highest BCUT2D eigenvalue weighted by atomic mass is 19.1. The van der Waals surface area contributed by atoms with Crippen molar-refractivity contribution in [1.82, 2.24) is 29.7 Å². The van der Waals surface area contributed by atoms with Gasteiger partial charge in [-0.15, -0.1) is 6.42 Å². The zero-order valence-corrected chi connectivity index (χ0v) is 38.7. The number of carbonyl (C=O) groups is 3. The molecular formula is C49H57FN8O7. The molecule has 3 aromatic heterocycles. The number of aromatic nitrogens is 4. The Balaban J connectivity index is 1.28. The average molecular weight is 889 g/mol. The Morgan fingerprint density at radius 3 is 2.05 bits per heavy atom. The molecule has 342 valence electrons. The molecule has 1 aromatic carbocycles. The summed E-state index contributed by atoms with van der Waals surface area (Å²) >= 11 is 0. The number of nitrogens with zero attached hydrogens (tertiary/aromatic N) is 8. The number of terminal acetylenes is 1. The van der Waals surface area contributed by atoms with Gasteiger partial charge in [-0.1, -0.05) is 42.4 Å². The van der Waals surface area contributed by atoms with E-state index in [-0.39, 0.29) is 53.5 Å². The van der Waals surface area contributed by atoms with E-state index in [1.54, 1.807) is 59.7 Å². The first-order valence-corrected chi connectivity index (χ1v) is 21.9. The fraction of sp³-hybridized carbons (Fsp3) is 0.490. The number of amides is 3. The first-order chi connectivity index (χ1) is 30.4. The number of halogens is 1. The van der Waals surface area contributed by atoms with Gasteiger partial charge in [-0.3, -0.25) is 14.8 Å². The predicted octanol–water partition coefficient (Wildman–Crippen LogP) is 8.96. The number of carbonyl (C=O) groups excluding carboxylic acids is 3. The number of pyridine rings is 2. The normalized spacial score (nSPS) is 19.6. The van der Waals surface area contributed by atoms with Gasteiger partial charge in [-0.25, -0.2) is 23.8 Å². The molecule has 2 atom stereocenters. The van der Waals surface area contributed by atoms with Crippen LogP contribution in [0.3, 0.4) is 0 Å². The number of hydrogen-bond acceptors (Lipinski definition) is 13. The molecule has 8 rings (SSSR count). The molecule has 4 aliphatic rings. The monoisotopic (exact) mass is 888 g/mol. The molecule has 4 saturated heterocycles. The second-order valence-corrected chi connectivity index (χ2v) is 20.6. The van der Waals surface area contributed by atoms with E-state index in [1.165, 1.54) is 12.3 Å². The van der Waals surface area contributed by atoms with E-state index in [4.69, 9.17) is 40.3 Å². The molecule has 2 unspecified atom stereocenters.